The Morgan fingerprint density at radius 1 is 0.375 bits per heavy atom. The zero-order chi connectivity index (χ0) is 39.9. The van der Waals surface area contributed by atoms with Gasteiger partial charge in [0.25, 0.3) is 0 Å². The Balaban J connectivity index is 1.01. The highest BCUT2D eigenvalue weighted by Gasteiger charge is 2.26. The Labute approximate surface area is 328 Å². The van der Waals surface area contributed by atoms with Gasteiger partial charge in [-0.1, -0.05) is 137 Å². The average Bonchev–Trinajstić information content (AvgIpc) is 3.21. The fourth-order valence-corrected chi connectivity index (χ4v) is 6.47. The molecule has 0 amide bonds. The maximum absolute atomic E-state index is 12.7. The maximum Gasteiger partial charge on any atom is 0.519 e. The molecular formula is C49H46O7. The van der Waals surface area contributed by atoms with E-state index in [9.17, 15) is 14.4 Å². The van der Waals surface area contributed by atoms with E-state index in [1.165, 1.54) is 0 Å². The molecule has 0 aliphatic rings. The molecule has 2 unspecified atom stereocenters. The highest BCUT2D eigenvalue weighted by Crippen LogP contribution is 2.35. The fraction of sp³-hybridized carbons (Fsp3) is 0.204. The highest BCUT2D eigenvalue weighted by atomic mass is 16.7. The Kier molecular flexibility index (Phi) is 11.8. The van der Waals surface area contributed by atoms with Gasteiger partial charge in [0.2, 0.25) is 0 Å². The van der Waals surface area contributed by atoms with Crippen LogP contribution in [0.1, 0.15) is 86.8 Å². The standard InChI is InChI=1S/C49H46O7/c1-33(35-13-9-7-10-14-35)45(50)53-41-25-17-37(18-26-41)48(3,4)39-21-29-43(30-22-39)55-47(52)56-44-31-23-40(24-32-44)49(5,6)38-19-27-42(28-20-38)54-46(51)34(2)36-15-11-8-12-16-36/h7-34H,1-6H3. The number of hydrogen-bond donors (Lipinski definition) is 0. The van der Waals surface area contributed by atoms with E-state index in [1.54, 1.807) is 48.5 Å². The molecule has 0 heterocycles. The molecule has 0 saturated carbocycles. The van der Waals surface area contributed by atoms with Crippen LogP contribution in [-0.4, -0.2) is 18.1 Å². The molecule has 284 valence electrons. The van der Waals surface area contributed by atoms with Crippen LogP contribution in [0.3, 0.4) is 0 Å². The number of hydrogen-bond acceptors (Lipinski definition) is 7. The third kappa shape index (κ3) is 9.24. The molecule has 2 atom stereocenters. The van der Waals surface area contributed by atoms with Crippen molar-refractivity contribution in [1.82, 2.24) is 0 Å². The predicted octanol–water partition coefficient (Wildman–Crippen LogP) is 11.3. The maximum atomic E-state index is 12.7. The minimum absolute atomic E-state index is 0.312. The Bertz CT molecular complexity index is 2080. The molecule has 7 nitrogen and oxygen atoms in total. The van der Waals surface area contributed by atoms with Gasteiger partial charge in [-0.05, 0) is 95.8 Å². The Morgan fingerprint density at radius 2 is 0.625 bits per heavy atom. The van der Waals surface area contributed by atoms with Crippen molar-refractivity contribution in [1.29, 1.82) is 0 Å². The van der Waals surface area contributed by atoms with Crippen LogP contribution in [0.5, 0.6) is 23.0 Å². The van der Waals surface area contributed by atoms with Crippen molar-refractivity contribution in [3.63, 3.8) is 0 Å². The fourth-order valence-electron chi connectivity index (χ4n) is 6.47. The minimum atomic E-state index is -0.845. The molecule has 6 aromatic carbocycles. The van der Waals surface area contributed by atoms with Crippen LogP contribution in [0.15, 0.2) is 158 Å². The van der Waals surface area contributed by atoms with E-state index >= 15 is 0 Å². The summed E-state index contributed by atoms with van der Waals surface area (Å²) in [6, 6.07) is 48.7. The van der Waals surface area contributed by atoms with Crippen LogP contribution < -0.4 is 18.9 Å². The van der Waals surface area contributed by atoms with Crippen LogP contribution in [-0.2, 0) is 20.4 Å². The summed E-state index contributed by atoms with van der Waals surface area (Å²) in [4.78, 5) is 38.2. The van der Waals surface area contributed by atoms with Crippen molar-refractivity contribution in [3.8, 4) is 23.0 Å². The molecule has 0 saturated heterocycles. The lowest BCUT2D eigenvalue weighted by atomic mass is 9.78. The smallest absolute Gasteiger partial charge is 0.426 e. The van der Waals surface area contributed by atoms with Crippen molar-refractivity contribution >= 4 is 18.1 Å². The first kappa shape index (κ1) is 39.2. The molecule has 0 spiro atoms. The number of esters is 2. The normalized spacial score (nSPS) is 12.5. The SMILES string of the molecule is CC(C(=O)Oc1ccc(C(C)(C)c2ccc(OC(=O)Oc3ccc(C(C)(C)c4ccc(OC(=O)C(C)c5ccccc5)cc4)cc3)cc2)cc1)c1ccccc1. The molecule has 0 radical (unpaired) electrons. The zero-order valence-electron chi connectivity index (χ0n) is 32.5. The van der Waals surface area contributed by atoms with Gasteiger partial charge in [0, 0.05) is 10.8 Å². The van der Waals surface area contributed by atoms with Gasteiger partial charge in [0.15, 0.2) is 0 Å². The van der Waals surface area contributed by atoms with Gasteiger partial charge in [-0.15, -0.1) is 0 Å². The van der Waals surface area contributed by atoms with E-state index in [2.05, 4.69) is 27.7 Å². The molecule has 0 aliphatic carbocycles. The van der Waals surface area contributed by atoms with Crippen LogP contribution in [0.25, 0.3) is 0 Å². The van der Waals surface area contributed by atoms with Gasteiger partial charge in [-0.25, -0.2) is 4.79 Å². The van der Waals surface area contributed by atoms with E-state index in [0.29, 0.717) is 23.0 Å². The monoisotopic (exact) mass is 746 g/mol. The summed E-state index contributed by atoms with van der Waals surface area (Å²) in [5.74, 6) is 0.292. The van der Waals surface area contributed by atoms with Gasteiger partial charge in [0.1, 0.15) is 23.0 Å². The molecule has 0 aromatic heterocycles. The summed E-state index contributed by atoms with van der Waals surface area (Å²) < 4.78 is 22.3. The van der Waals surface area contributed by atoms with Gasteiger partial charge in [0.05, 0.1) is 11.8 Å². The van der Waals surface area contributed by atoms with Gasteiger partial charge < -0.3 is 18.9 Å². The number of carbonyl (C=O) groups is 3. The molecule has 0 bridgehead atoms. The lowest BCUT2D eigenvalue weighted by Crippen LogP contribution is -2.20. The molecule has 6 aromatic rings. The van der Waals surface area contributed by atoms with Crippen LogP contribution in [0.4, 0.5) is 4.79 Å². The quantitative estimate of drug-likeness (QED) is 0.0700. The Morgan fingerprint density at radius 3 is 0.893 bits per heavy atom. The molecule has 0 N–H and O–H groups in total. The minimum Gasteiger partial charge on any atom is -0.426 e. The van der Waals surface area contributed by atoms with Crippen molar-refractivity contribution in [2.75, 3.05) is 0 Å². The first-order chi connectivity index (χ1) is 26.8. The van der Waals surface area contributed by atoms with Crippen molar-refractivity contribution in [2.45, 2.75) is 64.2 Å². The molecule has 0 aliphatic heterocycles. The predicted molar refractivity (Wildman–Crippen MR) is 218 cm³/mol. The van der Waals surface area contributed by atoms with Crippen molar-refractivity contribution in [3.05, 3.63) is 191 Å². The van der Waals surface area contributed by atoms with E-state index in [0.717, 1.165) is 33.4 Å². The average molecular weight is 747 g/mol. The lowest BCUT2D eigenvalue weighted by molar-refractivity contribution is -0.136. The number of rotatable bonds is 12. The second kappa shape index (κ2) is 16.9. The van der Waals surface area contributed by atoms with Gasteiger partial charge in [-0.2, -0.15) is 0 Å². The summed E-state index contributed by atoms with van der Waals surface area (Å²) in [5.41, 5.74) is 5.11. The molecular weight excluding hydrogens is 701 g/mol. The number of benzene rings is 6. The third-order valence-electron chi connectivity index (χ3n) is 10.4. The lowest BCUT2D eigenvalue weighted by Gasteiger charge is -2.26. The van der Waals surface area contributed by atoms with Crippen molar-refractivity contribution in [2.24, 2.45) is 0 Å². The second-order valence-electron chi connectivity index (χ2n) is 14.9. The topological polar surface area (TPSA) is 88.1 Å². The summed E-state index contributed by atoms with van der Waals surface area (Å²) in [6.45, 7) is 12.1. The van der Waals surface area contributed by atoms with Crippen LogP contribution in [0, 0.1) is 0 Å². The molecule has 56 heavy (non-hydrogen) atoms. The van der Waals surface area contributed by atoms with Crippen LogP contribution in [0.2, 0.25) is 0 Å². The highest BCUT2D eigenvalue weighted by molar-refractivity contribution is 5.80. The van der Waals surface area contributed by atoms with Crippen LogP contribution >= 0.6 is 0 Å². The molecule has 7 heteroatoms. The summed E-state index contributed by atoms with van der Waals surface area (Å²) in [7, 11) is 0. The van der Waals surface area contributed by atoms with E-state index in [-0.39, 0.29) is 34.6 Å². The summed E-state index contributed by atoms with van der Waals surface area (Å²) in [6.07, 6.45) is -0.845. The summed E-state index contributed by atoms with van der Waals surface area (Å²) >= 11 is 0. The largest absolute Gasteiger partial charge is 0.519 e. The first-order valence-corrected chi connectivity index (χ1v) is 18.7. The zero-order valence-corrected chi connectivity index (χ0v) is 32.5. The first-order valence-electron chi connectivity index (χ1n) is 18.7. The third-order valence-corrected chi connectivity index (χ3v) is 10.4. The number of carbonyl (C=O) groups excluding carboxylic acids is 3. The van der Waals surface area contributed by atoms with Gasteiger partial charge >= 0.3 is 18.1 Å². The van der Waals surface area contributed by atoms with E-state index in [4.69, 9.17) is 18.9 Å². The second-order valence-corrected chi connectivity index (χ2v) is 14.9. The summed E-state index contributed by atoms with van der Waals surface area (Å²) in [5, 5.41) is 0. The van der Waals surface area contributed by atoms with E-state index in [1.807, 2.05) is 123 Å². The van der Waals surface area contributed by atoms with Crippen molar-refractivity contribution < 1.29 is 33.3 Å². The van der Waals surface area contributed by atoms with E-state index < -0.39 is 6.16 Å². The van der Waals surface area contributed by atoms with Gasteiger partial charge in [-0.3, -0.25) is 9.59 Å². The molecule has 6 rings (SSSR count). The number of ether oxygens (including phenoxy) is 4. The Hall–Kier alpha value is -6.47. The molecule has 0 fully saturated rings.